The Kier molecular flexibility index (Phi) is 3.94. The van der Waals surface area contributed by atoms with E-state index in [-0.39, 0.29) is 6.04 Å². The number of methoxy groups -OCH3 is 1. The molecule has 2 heterocycles. The Balaban J connectivity index is 2.38. The van der Waals surface area contributed by atoms with Gasteiger partial charge in [-0.15, -0.1) is 0 Å². The fourth-order valence-electron chi connectivity index (χ4n) is 1.92. The summed E-state index contributed by atoms with van der Waals surface area (Å²) in [6, 6.07) is 2.01. The van der Waals surface area contributed by atoms with Crippen molar-refractivity contribution in [2.24, 2.45) is 7.05 Å². The van der Waals surface area contributed by atoms with Crippen LogP contribution >= 0.6 is 0 Å². The van der Waals surface area contributed by atoms with E-state index in [0.717, 1.165) is 23.7 Å². The zero-order chi connectivity index (χ0) is 13.0. The van der Waals surface area contributed by atoms with Gasteiger partial charge >= 0.3 is 0 Å². The Labute approximate surface area is 107 Å². The third kappa shape index (κ3) is 2.51. The van der Waals surface area contributed by atoms with Crippen LogP contribution in [0.2, 0.25) is 0 Å². The first-order valence-electron chi connectivity index (χ1n) is 5.95. The molecular formula is C13H18N4O. The molecule has 0 spiro atoms. The van der Waals surface area contributed by atoms with Gasteiger partial charge in [0, 0.05) is 25.6 Å². The highest BCUT2D eigenvalue weighted by Crippen LogP contribution is 2.22. The van der Waals surface area contributed by atoms with Crippen molar-refractivity contribution >= 4 is 0 Å². The van der Waals surface area contributed by atoms with E-state index >= 15 is 0 Å². The van der Waals surface area contributed by atoms with Crippen LogP contribution in [0.1, 0.15) is 24.4 Å². The summed E-state index contributed by atoms with van der Waals surface area (Å²) in [6.45, 7) is 2.93. The van der Waals surface area contributed by atoms with Crippen LogP contribution in [-0.2, 0) is 7.05 Å². The third-order valence-electron chi connectivity index (χ3n) is 2.83. The van der Waals surface area contributed by atoms with Crippen molar-refractivity contribution in [2.45, 2.75) is 13.0 Å². The number of imidazole rings is 1. The lowest BCUT2D eigenvalue weighted by Gasteiger charge is -2.18. The third-order valence-corrected chi connectivity index (χ3v) is 2.83. The van der Waals surface area contributed by atoms with Gasteiger partial charge in [0.15, 0.2) is 0 Å². The van der Waals surface area contributed by atoms with Gasteiger partial charge in [-0.1, -0.05) is 6.92 Å². The molecular weight excluding hydrogens is 228 g/mol. The fraction of sp³-hybridized carbons (Fsp3) is 0.385. The van der Waals surface area contributed by atoms with Crippen molar-refractivity contribution in [1.82, 2.24) is 19.9 Å². The minimum Gasteiger partial charge on any atom is -0.495 e. The summed E-state index contributed by atoms with van der Waals surface area (Å²) >= 11 is 0. The molecule has 2 aromatic heterocycles. The summed E-state index contributed by atoms with van der Waals surface area (Å²) in [5.74, 6) is 1.72. The zero-order valence-corrected chi connectivity index (χ0v) is 10.9. The maximum atomic E-state index is 5.21. The normalized spacial score (nSPS) is 12.4. The smallest absolute Gasteiger partial charge is 0.137 e. The molecule has 0 amide bonds. The van der Waals surface area contributed by atoms with E-state index in [1.165, 1.54) is 0 Å². The van der Waals surface area contributed by atoms with E-state index in [1.807, 2.05) is 30.1 Å². The Morgan fingerprint density at radius 1 is 1.44 bits per heavy atom. The monoisotopic (exact) mass is 246 g/mol. The molecule has 0 radical (unpaired) electrons. The number of rotatable bonds is 5. The number of nitrogens with one attached hydrogen (secondary N) is 1. The number of ether oxygens (including phenoxy) is 1. The Morgan fingerprint density at radius 2 is 2.28 bits per heavy atom. The van der Waals surface area contributed by atoms with E-state index < -0.39 is 0 Å². The van der Waals surface area contributed by atoms with Crippen LogP contribution in [0, 0.1) is 0 Å². The molecule has 5 nitrogen and oxygen atoms in total. The lowest BCUT2D eigenvalue weighted by molar-refractivity contribution is 0.411. The Morgan fingerprint density at radius 3 is 2.89 bits per heavy atom. The van der Waals surface area contributed by atoms with Gasteiger partial charge in [-0.3, -0.25) is 4.98 Å². The average molecular weight is 246 g/mol. The first kappa shape index (κ1) is 12.6. The fourth-order valence-corrected chi connectivity index (χ4v) is 1.92. The van der Waals surface area contributed by atoms with E-state index in [2.05, 4.69) is 22.2 Å². The predicted molar refractivity (Wildman–Crippen MR) is 69.5 cm³/mol. The van der Waals surface area contributed by atoms with Crippen molar-refractivity contribution in [3.8, 4) is 5.75 Å². The van der Waals surface area contributed by atoms with E-state index in [4.69, 9.17) is 4.74 Å². The van der Waals surface area contributed by atoms with Gasteiger partial charge in [0.05, 0.1) is 19.3 Å². The molecule has 0 bridgehead atoms. The van der Waals surface area contributed by atoms with Crippen LogP contribution in [-0.4, -0.2) is 28.2 Å². The van der Waals surface area contributed by atoms with Crippen LogP contribution in [0.4, 0.5) is 0 Å². The second-order valence-corrected chi connectivity index (χ2v) is 4.05. The lowest BCUT2D eigenvalue weighted by atomic mass is 10.1. The molecule has 18 heavy (non-hydrogen) atoms. The first-order chi connectivity index (χ1) is 8.76. The molecule has 2 rings (SSSR count). The maximum Gasteiger partial charge on any atom is 0.137 e. The van der Waals surface area contributed by atoms with Crippen molar-refractivity contribution in [1.29, 1.82) is 0 Å². The summed E-state index contributed by atoms with van der Waals surface area (Å²) < 4.78 is 7.22. The van der Waals surface area contributed by atoms with Crippen molar-refractivity contribution < 1.29 is 4.74 Å². The molecule has 1 N–H and O–H groups in total. The molecule has 0 aliphatic rings. The van der Waals surface area contributed by atoms with Gasteiger partial charge < -0.3 is 14.6 Å². The molecule has 96 valence electrons. The van der Waals surface area contributed by atoms with Crippen LogP contribution in [0.5, 0.6) is 5.75 Å². The molecule has 0 aromatic carbocycles. The van der Waals surface area contributed by atoms with E-state index in [1.54, 1.807) is 19.5 Å². The van der Waals surface area contributed by atoms with E-state index in [9.17, 15) is 0 Å². The second kappa shape index (κ2) is 5.64. The SMILES string of the molecule is CCNC(c1cncc(OC)c1)c1nccn1C. The zero-order valence-electron chi connectivity index (χ0n) is 10.9. The summed E-state index contributed by atoms with van der Waals surface area (Å²) in [6.07, 6.45) is 7.27. The number of pyridine rings is 1. The van der Waals surface area contributed by atoms with Gasteiger partial charge in [-0.2, -0.15) is 0 Å². The molecule has 0 saturated heterocycles. The highest BCUT2D eigenvalue weighted by atomic mass is 16.5. The molecule has 0 aliphatic carbocycles. The van der Waals surface area contributed by atoms with Crippen LogP contribution in [0.3, 0.4) is 0 Å². The highest BCUT2D eigenvalue weighted by Gasteiger charge is 2.17. The minimum atomic E-state index is 0.0256. The highest BCUT2D eigenvalue weighted by molar-refractivity contribution is 5.29. The number of hydrogen-bond donors (Lipinski definition) is 1. The lowest BCUT2D eigenvalue weighted by Crippen LogP contribution is -2.24. The number of aryl methyl sites for hydroxylation is 1. The first-order valence-corrected chi connectivity index (χ1v) is 5.95. The minimum absolute atomic E-state index is 0.0256. The largest absolute Gasteiger partial charge is 0.495 e. The van der Waals surface area contributed by atoms with Crippen molar-refractivity contribution in [2.75, 3.05) is 13.7 Å². The molecule has 0 aliphatic heterocycles. The van der Waals surface area contributed by atoms with Gasteiger partial charge in [-0.25, -0.2) is 4.98 Å². The molecule has 1 unspecified atom stereocenters. The average Bonchev–Trinajstić information content (AvgIpc) is 2.82. The second-order valence-electron chi connectivity index (χ2n) is 4.05. The Hall–Kier alpha value is -1.88. The van der Waals surface area contributed by atoms with Crippen LogP contribution < -0.4 is 10.1 Å². The van der Waals surface area contributed by atoms with Gasteiger partial charge in [0.2, 0.25) is 0 Å². The summed E-state index contributed by atoms with van der Waals surface area (Å²) in [5, 5.41) is 3.41. The number of aromatic nitrogens is 3. The predicted octanol–water partition coefficient (Wildman–Crippen LogP) is 1.52. The van der Waals surface area contributed by atoms with Crippen molar-refractivity contribution in [3.05, 3.63) is 42.2 Å². The molecule has 1 atom stereocenters. The van der Waals surface area contributed by atoms with Crippen LogP contribution in [0.15, 0.2) is 30.9 Å². The maximum absolute atomic E-state index is 5.21. The van der Waals surface area contributed by atoms with Crippen LogP contribution in [0.25, 0.3) is 0 Å². The number of nitrogens with zero attached hydrogens (tertiary/aromatic N) is 3. The standard InChI is InChI=1S/C13H18N4O/c1-4-15-12(13-16-5-6-17(13)2)10-7-11(18-3)9-14-8-10/h5-9,12,15H,4H2,1-3H3. The van der Waals surface area contributed by atoms with Gasteiger partial charge in [0.1, 0.15) is 11.6 Å². The summed E-state index contributed by atoms with van der Waals surface area (Å²) in [5.41, 5.74) is 1.05. The van der Waals surface area contributed by atoms with Gasteiger partial charge in [-0.05, 0) is 18.2 Å². The summed E-state index contributed by atoms with van der Waals surface area (Å²) in [4.78, 5) is 8.59. The molecule has 5 heteroatoms. The Bertz CT molecular complexity index is 509. The molecule has 0 fully saturated rings. The van der Waals surface area contributed by atoms with E-state index in [0.29, 0.717) is 0 Å². The van der Waals surface area contributed by atoms with Crippen molar-refractivity contribution in [3.63, 3.8) is 0 Å². The molecule has 2 aromatic rings. The molecule has 0 saturated carbocycles. The number of hydrogen-bond acceptors (Lipinski definition) is 4. The summed E-state index contributed by atoms with van der Waals surface area (Å²) in [7, 11) is 3.63. The topological polar surface area (TPSA) is 52.0 Å². The quantitative estimate of drug-likeness (QED) is 0.869. The van der Waals surface area contributed by atoms with Gasteiger partial charge in [0.25, 0.3) is 0 Å².